The fraction of sp³-hybridized carbons (Fsp3) is 0.632. The fourth-order valence-electron chi connectivity index (χ4n) is 3.20. The van der Waals surface area contributed by atoms with Crippen molar-refractivity contribution in [3.8, 4) is 5.75 Å². The van der Waals surface area contributed by atoms with Crippen molar-refractivity contribution in [2.75, 3.05) is 6.61 Å². The number of fused-ring (bicyclic) bond motifs is 1. The molecule has 1 saturated carbocycles. The highest BCUT2D eigenvalue weighted by atomic mass is 16.7. The second-order valence-corrected chi connectivity index (χ2v) is 7.62. The van der Waals surface area contributed by atoms with Gasteiger partial charge in [-0.15, -0.1) is 0 Å². The van der Waals surface area contributed by atoms with Crippen LogP contribution in [0.1, 0.15) is 52.0 Å². The largest absolute Gasteiger partial charge is 0.463 e. The summed E-state index contributed by atoms with van der Waals surface area (Å²) in [6, 6.07) is 8.06. The highest BCUT2D eigenvalue weighted by Crippen LogP contribution is 2.40. The van der Waals surface area contributed by atoms with Crippen molar-refractivity contribution in [3.63, 3.8) is 0 Å². The lowest BCUT2D eigenvalue weighted by Gasteiger charge is -2.31. The lowest BCUT2D eigenvalue weighted by atomic mass is 9.97. The van der Waals surface area contributed by atoms with Gasteiger partial charge in [0.25, 0.3) is 0 Å². The minimum absolute atomic E-state index is 0.164. The zero-order valence-corrected chi connectivity index (χ0v) is 14.3. The van der Waals surface area contributed by atoms with E-state index >= 15 is 0 Å². The number of hydrogen-bond acceptors (Lipinski definition) is 4. The van der Waals surface area contributed by atoms with E-state index in [9.17, 15) is 4.79 Å². The zero-order valence-electron chi connectivity index (χ0n) is 14.3. The van der Waals surface area contributed by atoms with Crippen molar-refractivity contribution in [1.29, 1.82) is 0 Å². The van der Waals surface area contributed by atoms with Crippen LogP contribution < -0.4 is 4.74 Å². The maximum Gasteiger partial charge on any atom is 0.311 e. The normalized spacial score (nSPS) is 23.0. The third-order valence-electron chi connectivity index (χ3n) is 4.48. The van der Waals surface area contributed by atoms with Gasteiger partial charge in [0.05, 0.1) is 5.41 Å². The number of carbonyl (C=O) groups is 1. The van der Waals surface area contributed by atoms with E-state index in [-0.39, 0.29) is 18.7 Å². The number of hydrogen-bond donors (Lipinski definition) is 0. The standard InChI is InChI=1S/C19H26O4/c1-18(2,3)17(20)21-13-15-12-14-8-4-5-9-16(14)23-19(22-15)10-6-7-11-19/h4-5,8-9,15H,6-7,10-13H2,1-3H3. The smallest absolute Gasteiger partial charge is 0.311 e. The number of esters is 1. The molecule has 1 aromatic rings. The van der Waals surface area contributed by atoms with E-state index in [0.717, 1.165) is 37.0 Å². The summed E-state index contributed by atoms with van der Waals surface area (Å²) in [6.07, 6.45) is 4.54. The maximum atomic E-state index is 12.0. The van der Waals surface area contributed by atoms with Crippen LogP contribution in [-0.4, -0.2) is 24.5 Å². The van der Waals surface area contributed by atoms with Gasteiger partial charge in [-0.3, -0.25) is 4.79 Å². The lowest BCUT2D eigenvalue weighted by Crippen LogP contribution is -2.41. The third kappa shape index (κ3) is 3.69. The summed E-state index contributed by atoms with van der Waals surface area (Å²) >= 11 is 0. The van der Waals surface area contributed by atoms with Crippen LogP contribution in [0.5, 0.6) is 5.75 Å². The Morgan fingerprint density at radius 1 is 1.26 bits per heavy atom. The molecule has 4 nitrogen and oxygen atoms in total. The summed E-state index contributed by atoms with van der Waals surface area (Å²) < 4.78 is 18.1. The minimum atomic E-state index is -0.550. The molecule has 126 valence electrons. The molecule has 1 heterocycles. The van der Waals surface area contributed by atoms with Gasteiger partial charge in [-0.25, -0.2) is 0 Å². The zero-order chi connectivity index (χ0) is 16.5. The second kappa shape index (κ2) is 6.16. The van der Waals surface area contributed by atoms with Crippen molar-refractivity contribution in [1.82, 2.24) is 0 Å². The molecule has 3 rings (SSSR count). The molecule has 1 aromatic carbocycles. The first-order valence-corrected chi connectivity index (χ1v) is 8.50. The van der Waals surface area contributed by atoms with E-state index in [4.69, 9.17) is 14.2 Å². The highest BCUT2D eigenvalue weighted by Gasteiger charge is 2.42. The average Bonchev–Trinajstić information content (AvgIpc) is 2.86. The van der Waals surface area contributed by atoms with Gasteiger partial charge in [0.15, 0.2) is 0 Å². The first-order chi connectivity index (χ1) is 10.9. The van der Waals surface area contributed by atoms with Crippen LogP contribution in [0.25, 0.3) is 0 Å². The second-order valence-electron chi connectivity index (χ2n) is 7.62. The van der Waals surface area contributed by atoms with Crippen LogP contribution in [0, 0.1) is 5.41 Å². The van der Waals surface area contributed by atoms with E-state index in [1.54, 1.807) is 0 Å². The van der Waals surface area contributed by atoms with Crippen LogP contribution >= 0.6 is 0 Å². The van der Waals surface area contributed by atoms with Gasteiger partial charge >= 0.3 is 5.97 Å². The minimum Gasteiger partial charge on any atom is -0.463 e. The summed E-state index contributed by atoms with van der Waals surface area (Å²) in [6.45, 7) is 5.86. The van der Waals surface area contributed by atoms with E-state index in [2.05, 4.69) is 6.07 Å². The fourth-order valence-corrected chi connectivity index (χ4v) is 3.20. The molecule has 1 aliphatic carbocycles. The van der Waals surface area contributed by atoms with Gasteiger partial charge in [0.2, 0.25) is 5.79 Å². The van der Waals surface area contributed by atoms with Crippen LogP contribution in [0.3, 0.4) is 0 Å². The predicted molar refractivity (Wildman–Crippen MR) is 87.3 cm³/mol. The van der Waals surface area contributed by atoms with Crippen LogP contribution in [0.15, 0.2) is 24.3 Å². The Balaban J connectivity index is 1.76. The molecular weight excluding hydrogens is 292 g/mol. The molecular formula is C19H26O4. The van der Waals surface area contributed by atoms with Gasteiger partial charge in [-0.05, 0) is 45.2 Å². The summed E-state index contributed by atoms with van der Waals surface area (Å²) in [4.78, 5) is 12.0. The van der Waals surface area contributed by atoms with Gasteiger partial charge in [-0.1, -0.05) is 18.2 Å². The Bertz CT molecular complexity index is 567. The van der Waals surface area contributed by atoms with E-state index in [1.165, 1.54) is 0 Å². The highest BCUT2D eigenvalue weighted by molar-refractivity contribution is 5.75. The lowest BCUT2D eigenvalue weighted by molar-refractivity contribution is -0.212. The monoisotopic (exact) mass is 318 g/mol. The Morgan fingerprint density at radius 2 is 1.96 bits per heavy atom. The summed E-state index contributed by atoms with van der Waals surface area (Å²) in [5.74, 6) is 0.157. The maximum absolute atomic E-state index is 12.0. The van der Waals surface area contributed by atoms with E-state index in [1.807, 2.05) is 39.0 Å². The third-order valence-corrected chi connectivity index (χ3v) is 4.48. The molecule has 0 saturated heterocycles. The molecule has 0 bridgehead atoms. The van der Waals surface area contributed by atoms with Crippen LogP contribution in [-0.2, 0) is 20.7 Å². The number of carbonyl (C=O) groups excluding carboxylic acids is 1. The van der Waals surface area contributed by atoms with Crippen LogP contribution in [0.2, 0.25) is 0 Å². The Hall–Kier alpha value is -1.55. The summed E-state index contributed by atoms with van der Waals surface area (Å²) in [5.41, 5.74) is 0.623. The molecule has 1 spiro atoms. The Kier molecular flexibility index (Phi) is 4.37. The van der Waals surface area contributed by atoms with Crippen molar-refractivity contribution < 1.29 is 19.0 Å². The molecule has 0 aromatic heterocycles. The van der Waals surface area contributed by atoms with Gasteiger partial charge in [-0.2, -0.15) is 0 Å². The van der Waals surface area contributed by atoms with Gasteiger partial charge < -0.3 is 14.2 Å². The molecule has 1 fully saturated rings. The SMILES string of the molecule is CC(C)(C)C(=O)OCC1Cc2ccccc2OC2(CCCC2)O1. The van der Waals surface area contributed by atoms with E-state index in [0.29, 0.717) is 6.42 Å². The molecule has 1 unspecified atom stereocenters. The molecule has 1 atom stereocenters. The summed E-state index contributed by atoms with van der Waals surface area (Å²) in [5, 5.41) is 0. The summed E-state index contributed by atoms with van der Waals surface area (Å²) in [7, 11) is 0. The van der Waals surface area contributed by atoms with Crippen molar-refractivity contribution in [3.05, 3.63) is 29.8 Å². The molecule has 0 amide bonds. The predicted octanol–water partition coefficient (Wildman–Crippen LogP) is 3.87. The average molecular weight is 318 g/mol. The van der Waals surface area contributed by atoms with Crippen molar-refractivity contribution in [2.45, 2.75) is 64.8 Å². The van der Waals surface area contributed by atoms with E-state index < -0.39 is 11.2 Å². The van der Waals surface area contributed by atoms with Crippen molar-refractivity contribution >= 4 is 5.97 Å². The number of benzene rings is 1. The van der Waals surface area contributed by atoms with Gasteiger partial charge in [0.1, 0.15) is 18.5 Å². The Morgan fingerprint density at radius 3 is 2.65 bits per heavy atom. The molecule has 0 radical (unpaired) electrons. The number of para-hydroxylation sites is 1. The molecule has 4 heteroatoms. The number of rotatable bonds is 2. The quantitative estimate of drug-likeness (QED) is 0.777. The topological polar surface area (TPSA) is 44.8 Å². The first kappa shape index (κ1) is 16.3. The first-order valence-electron chi connectivity index (χ1n) is 8.50. The molecule has 1 aliphatic heterocycles. The molecule has 2 aliphatic rings. The Labute approximate surface area is 138 Å². The molecule has 0 N–H and O–H groups in total. The number of ether oxygens (including phenoxy) is 3. The van der Waals surface area contributed by atoms with Crippen molar-refractivity contribution in [2.24, 2.45) is 5.41 Å². The molecule has 23 heavy (non-hydrogen) atoms. The van der Waals surface area contributed by atoms with Gasteiger partial charge in [0, 0.05) is 19.3 Å². The van der Waals surface area contributed by atoms with Crippen LogP contribution in [0.4, 0.5) is 0 Å².